The van der Waals surface area contributed by atoms with Crippen molar-refractivity contribution in [2.24, 2.45) is 11.3 Å². The fourth-order valence-corrected chi connectivity index (χ4v) is 1.73. The first kappa shape index (κ1) is 12.2. The Bertz CT molecular complexity index is 298. The van der Waals surface area contributed by atoms with E-state index in [1.165, 1.54) is 0 Å². The van der Waals surface area contributed by atoms with Crippen molar-refractivity contribution in [2.45, 2.75) is 46.7 Å². The second-order valence-corrected chi connectivity index (χ2v) is 5.00. The van der Waals surface area contributed by atoms with Crippen LogP contribution in [0.5, 0.6) is 0 Å². The van der Waals surface area contributed by atoms with Crippen LogP contribution >= 0.6 is 0 Å². The summed E-state index contributed by atoms with van der Waals surface area (Å²) in [5.74, 6) is 5.59. The predicted octanol–water partition coefficient (Wildman–Crippen LogP) is 1.84. The lowest BCUT2D eigenvalue weighted by Gasteiger charge is -2.29. The Hall–Kier alpha value is -0.870. The van der Waals surface area contributed by atoms with E-state index in [2.05, 4.69) is 44.4 Å². The molecule has 1 aromatic heterocycles. The van der Waals surface area contributed by atoms with Crippen molar-refractivity contribution in [3.8, 4) is 0 Å². The van der Waals surface area contributed by atoms with Crippen LogP contribution in [-0.2, 0) is 6.54 Å². The number of rotatable bonds is 4. The molecule has 86 valence electrons. The lowest BCUT2D eigenvalue weighted by molar-refractivity contribution is 0.275. The van der Waals surface area contributed by atoms with Gasteiger partial charge in [0.2, 0.25) is 0 Å². The molecule has 0 aromatic carbocycles. The maximum Gasteiger partial charge on any atom is 0.0539 e. The number of nitrogens with two attached hydrogens (primary N) is 1. The molecule has 1 heterocycles. The molecule has 0 aliphatic rings. The van der Waals surface area contributed by atoms with Gasteiger partial charge in [0.05, 0.1) is 12.2 Å². The van der Waals surface area contributed by atoms with E-state index in [-0.39, 0.29) is 11.5 Å². The molecular weight excluding hydrogens is 188 g/mol. The summed E-state index contributed by atoms with van der Waals surface area (Å²) in [5, 5.41) is 4.31. The Morgan fingerprint density at radius 1 is 1.53 bits per heavy atom. The van der Waals surface area contributed by atoms with Crippen molar-refractivity contribution in [1.29, 1.82) is 0 Å². The van der Waals surface area contributed by atoms with Gasteiger partial charge in [0.15, 0.2) is 0 Å². The molecular formula is C11H22N4. The Morgan fingerprint density at radius 3 is 2.67 bits per heavy atom. The summed E-state index contributed by atoms with van der Waals surface area (Å²) < 4.78 is 1.96. The minimum Gasteiger partial charge on any atom is -0.272 e. The van der Waals surface area contributed by atoms with Gasteiger partial charge in [-0.1, -0.05) is 27.7 Å². The minimum atomic E-state index is 0.0921. The summed E-state index contributed by atoms with van der Waals surface area (Å²) in [7, 11) is 0. The molecule has 1 aromatic rings. The fraction of sp³-hybridized carbons (Fsp3) is 0.727. The fourth-order valence-electron chi connectivity index (χ4n) is 1.73. The number of nitrogens with one attached hydrogen (secondary N) is 1. The molecule has 0 amide bonds. The lowest BCUT2D eigenvalue weighted by atomic mass is 9.84. The molecule has 1 unspecified atom stereocenters. The molecule has 4 heteroatoms. The number of nitrogens with zero attached hydrogens (tertiary/aromatic N) is 2. The van der Waals surface area contributed by atoms with Gasteiger partial charge in [-0.2, -0.15) is 5.10 Å². The normalized spacial score (nSPS) is 14.2. The van der Waals surface area contributed by atoms with E-state index in [4.69, 9.17) is 5.84 Å². The summed E-state index contributed by atoms with van der Waals surface area (Å²) in [5.41, 5.74) is 4.10. The molecule has 0 aliphatic heterocycles. The molecule has 3 N–H and O–H groups in total. The zero-order valence-electron chi connectivity index (χ0n) is 10.1. The standard InChI is InChI=1S/C11H22N4/c1-5-6-15-8-9(7-13-15)10(14-12)11(2,3)4/h7-8,10,14H,5-6,12H2,1-4H3. The summed E-state index contributed by atoms with van der Waals surface area (Å²) in [6, 6.07) is 0.142. The Morgan fingerprint density at radius 2 is 2.20 bits per heavy atom. The molecule has 0 saturated heterocycles. The van der Waals surface area contributed by atoms with E-state index >= 15 is 0 Å². The highest BCUT2D eigenvalue weighted by Crippen LogP contribution is 2.31. The van der Waals surface area contributed by atoms with E-state index in [9.17, 15) is 0 Å². The highest BCUT2D eigenvalue weighted by Gasteiger charge is 2.26. The molecule has 15 heavy (non-hydrogen) atoms. The third-order valence-corrected chi connectivity index (χ3v) is 2.47. The topological polar surface area (TPSA) is 55.9 Å². The van der Waals surface area contributed by atoms with Crippen molar-refractivity contribution in [3.63, 3.8) is 0 Å². The summed E-state index contributed by atoms with van der Waals surface area (Å²) in [6.07, 6.45) is 5.06. The molecule has 0 bridgehead atoms. The summed E-state index contributed by atoms with van der Waals surface area (Å²) in [6.45, 7) is 9.59. The Labute approximate surface area is 91.8 Å². The van der Waals surface area contributed by atoms with Crippen LogP contribution in [0, 0.1) is 5.41 Å². The summed E-state index contributed by atoms with van der Waals surface area (Å²) >= 11 is 0. The highest BCUT2D eigenvalue weighted by molar-refractivity contribution is 5.13. The average Bonchev–Trinajstić information content (AvgIpc) is 2.52. The Kier molecular flexibility index (Phi) is 3.88. The maximum atomic E-state index is 5.59. The van der Waals surface area contributed by atoms with E-state index in [0.717, 1.165) is 18.5 Å². The first-order chi connectivity index (χ1) is 6.99. The van der Waals surface area contributed by atoms with Crippen LogP contribution in [0.2, 0.25) is 0 Å². The van der Waals surface area contributed by atoms with Gasteiger partial charge >= 0.3 is 0 Å². The van der Waals surface area contributed by atoms with Crippen LogP contribution in [0.1, 0.15) is 45.7 Å². The molecule has 0 aliphatic carbocycles. The van der Waals surface area contributed by atoms with E-state index in [0.29, 0.717) is 0 Å². The van der Waals surface area contributed by atoms with Crippen molar-refractivity contribution < 1.29 is 0 Å². The first-order valence-corrected chi connectivity index (χ1v) is 5.47. The van der Waals surface area contributed by atoms with E-state index in [1.54, 1.807) is 0 Å². The van der Waals surface area contributed by atoms with Crippen molar-refractivity contribution >= 4 is 0 Å². The largest absolute Gasteiger partial charge is 0.272 e. The van der Waals surface area contributed by atoms with Gasteiger partial charge in [-0.25, -0.2) is 0 Å². The van der Waals surface area contributed by atoms with Crippen LogP contribution < -0.4 is 11.3 Å². The number of aromatic nitrogens is 2. The molecule has 0 radical (unpaired) electrons. The SMILES string of the molecule is CCCn1cc(C(NN)C(C)(C)C)cn1. The van der Waals surface area contributed by atoms with Gasteiger partial charge in [0, 0.05) is 18.3 Å². The number of hydrogen-bond acceptors (Lipinski definition) is 3. The first-order valence-electron chi connectivity index (χ1n) is 5.47. The van der Waals surface area contributed by atoms with E-state index in [1.807, 2.05) is 10.9 Å². The van der Waals surface area contributed by atoms with Crippen LogP contribution in [0.3, 0.4) is 0 Å². The zero-order valence-corrected chi connectivity index (χ0v) is 10.1. The monoisotopic (exact) mass is 210 g/mol. The van der Waals surface area contributed by atoms with Gasteiger partial charge in [-0.05, 0) is 11.8 Å². The van der Waals surface area contributed by atoms with Crippen LogP contribution in [0.25, 0.3) is 0 Å². The summed E-state index contributed by atoms with van der Waals surface area (Å²) in [4.78, 5) is 0. The van der Waals surface area contributed by atoms with Gasteiger partial charge in [0.1, 0.15) is 0 Å². The smallest absolute Gasteiger partial charge is 0.0539 e. The number of aryl methyl sites for hydroxylation is 1. The highest BCUT2D eigenvalue weighted by atomic mass is 15.3. The second kappa shape index (κ2) is 4.77. The quantitative estimate of drug-likeness (QED) is 0.589. The Balaban J connectivity index is 2.83. The van der Waals surface area contributed by atoms with Crippen molar-refractivity contribution in [1.82, 2.24) is 15.2 Å². The van der Waals surface area contributed by atoms with Gasteiger partial charge in [-0.3, -0.25) is 16.0 Å². The van der Waals surface area contributed by atoms with Crippen molar-refractivity contribution in [2.75, 3.05) is 0 Å². The second-order valence-electron chi connectivity index (χ2n) is 5.00. The third kappa shape index (κ3) is 3.04. The van der Waals surface area contributed by atoms with Crippen LogP contribution in [0.15, 0.2) is 12.4 Å². The predicted molar refractivity (Wildman–Crippen MR) is 62.0 cm³/mol. The molecule has 1 atom stereocenters. The molecule has 0 spiro atoms. The van der Waals surface area contributed by atoms with Crippen molar-refractivity contribution in [3.05, 3.63) is 18.0 Å². The third-order valence-electron chi connectivity index (χ3n) is 2.47. The molecule has 0 fully saturated rings. The van der Waals surface area contributed by atoms with Crippen LogP contribution in [-0.4, -0.2) is 9.78 Å². The number of hydrogen-bond donors (Lipinski definition) is 2. The van der Waals surface area contributed by atoms with Gasteiger partial charge < -0.3 is 0 Å². The maximum absolute atomic E-state index is 5.59. The van der Waals surface area contributed by atoms with Crippen LogP contribution in [0.4, 0.5) is 0 Å². The zero-order chi connectivity index (χ0) is 11.5. The van der Waals surface area contributed by atoms with Gasteiger partial charge in [-0.15, -0.1) is 0 Å². The minimum absolute atomic E-state index is 0.0921. The van der Waals surface area contributed by atoms with E-state index < -0.39 is 0 Å². The number of hydrazine groups is 1. The molecule has 1 rings (SSSR count). The lowest BCUT2D eigenvalue weighted by Crippen LogP contribution is -2.36. The van der Waals surface area contributed by atoms with Gasteiger partial charge in [0.25, 0.3) is 0 Å². The average molecular weight is 210 g/mol. The molecule has 0 saturated carbocycles. The molecule has 4 nitrogen and oxygen atoms in total.